The molecule has 0 unspecified atom stereocenters. The van der Waals surface area contributed by atoms with Gasteiger partial charge in [-0.3, -0.25) is 14.8 Å². The lowest BCUT2D eigenvalue weighted by atomic mass is 10.3. The number of hydrogen-bond acceptors (Lipinski definition) is 13. The molecular weight excluding hydrogens is 622 g/mol. The van der Waals surface area contributed by atoms with Crippen molar-refractivity contribution < 1.29 is 46.4 Å². The van der Waals surface area contributed by atoms with E-state index in [1.165, 1.54) is 44.5 Å². The Morgan fingerprint density at radius 1 is 0.804 bits per heavy atom. The summed E-state index contributed by atoms with van der Waals surface area (Å²) < 4.78 is 61.8. The number of hydrogen-bond donors (Lipinski definition) is 2. The SMILES string of the molecule is COc1ccccc1Oc1c(NS(=O)(=O)c2ccc(OCCCOC(C)=O)cc2)ncnc1OCCOC(=O)Nc1ccccn1. The van der Waals surface area contributed by atoms with Gasteiger partial charge in [0, 0.05) is 19.5 Å². The molecule has 0 aliphatic carbocycles. The molecule has 0 aliphatic rings. The number of sulfonamides is 1. The summed E-state index contributed by atoms with van der Waals surface area (Å²) in [6.07, 6.45) is 2.33. The molecule has 2 aromatic carbocycles. The molecule has 1 amide bonds. The molecule has 2 heterocycles. The second-order valence-corrected chi connectivity index (χ2v) is 10.7. The number of carbonyl (C=O) groups is 2. The summed E-state index contributed by atoms with van der Waals surface area (Å²) in [5.74, 6) is 0.413. The molecule has 0 bridgehead atoms. The summed E-state index contributed by atoms with van der Waals surface area (Å²) in [5.41, 5.74) is 0. The third-order valence-electron chi connectivity index (χ3n) is 5.73. The molecule has 4 aromatic rings. The van der Waals surface area contributed by atoms with Crippen LogP contribution in [-0.4, -0.2) is 69.0 Å². The Morgan fingerprint density at radius 3 is 2.28 bits per heavy atom. The van der Waals surface area contributed by atoms with E-state index >= 15 is 0 Å². The van der Waals surface area contributed by atoms with Gasteiger partial charge in [0.1, 0.15) is 31.1 Å². The van der Waals surface area contributed by atoms with E-state index in [0.29, 0.717) is 23.7 Å². The molecule has 0 saturated heterocycles. The highest BCUT2D eigenvalue weighted by molar-refractivity contribution is 7.92. The molecular formula is C30H31N5O10S. The van der Waals surface area contributed by atoms with E-state index < -0.39 is 16.1 Å². The molecule has 0 radical (unpaired) electrons. The smallest absolute Gasteiger partial charge is 0.412 e. The van der Waals surface area contributed by atoms with E-state index in [9.17, 15) is 18.0 Å². The number of para-hydroxylation sites is 2. The summed E-state index contributed by atoms with van der Waals surface area (Å²) in [5, 5.41) is 2.48. The van der Waals surface area contributed by atoms with Crippen molar-refractivity contribution in [2.45, 2.75) is 18.2 Å². The van der Waals surface area contributed by atoms with E-state index in [0.717, 1.165) is 6.33 Å². The van der Waals surface area contributed by atoms with Crippen LogP contribution in [0.5, 0.6) is 28.9 Å². The number of amides is 1. The Labute approximate surface area is 264 Å². The van der Waals surface area contributed by atoms with Gasteiger partial charge in [-0.15, -0.1) is 0 Å². The predicted octanol–water partition coefficient (Wildman–Crippen LogP) is 4.43. The van der Waals surface area contributed by atoms with Gasteiger partial charge in [0.05, 0.1) is 25.2 Å². The Bertz CT molecular complexity index is 1710. The average Bonchev–Trinajstić information content (AvgIpc) is 3.05. The van der Waals surface area contributed by atoms with Gasteiger partial charge in [-0.05, 0) is 48.5 Å². The van der Waals surface area contributed by atoms with Crippen molar-refractivity contribution in [2.24, 2.45) is 0 Å². The number of pyridine rings is 1. The zero-order valence-corrected chi connectivity index (χ0v) is 25.7. The molecule has 15 nitrogen and oxygen atoms in total. The van der Waals surface area contributed by atoms with Crippen LogP contribution in [0.15, 0.2) is 84.1 Å². The van der Waals surface area contributed by atoms with E-state index in [4.69, 9.17) is 28.4 Å². The molecule has 0 saturated carbocycles. The number of aromatic nitrogens is 3. The van der Waals surface area contributed by atoms with Gasteiger partial charge < -0.3 is 28.4 Å². The average molecular weight is 654 g/mol. The van der Waals surface area contributed by atoms with Gasteiger partial charge in [-0.1, -0.05) is 18.2 Å². The molecule has 0 aliphatic heterocycles. The summed E-state index contributed by atoms with van der Waals surface area (Å²) >= 11 is 0. The zero-order chi connectivity index (χ0) is 32.8. The minimum atomic E-state index is -4.19. The van der Waals surface area contributed by atoms with Crippen molar-refractivity contribution in [3.63, 3.8) is 0 Å². The lowest BCUT2D eigenvalue weighted by molar-refractivity contribution is -0.141. The highest BCUT2D eigenvalue weighted by Crippen LogP contribution is 2.39. The lowest BCUT2D eigenvalue weighted by Crippen LogP contribution is -2.19. The number of nitrogens with zero attached hydrogens (tertiary/aromatic N) is 3. The quantitative estimate of drug-likeness (QED) is 0.128. The Balaban J connectivity index is 1.47. The highest BCUT2D eigenvalue weighted by atomic mass is 32.2. The van der Waals surface area contributed by atoms with Gasteiger partial charge >= 0.3 is 12.1 Å². The molecule has 2 N–H and O–H groups in total. The van der Waals surface area contributed by atoms with Crippen molar-refractivity contribution in [2.75, 3.05) is 43.6 Å². The van der Waals surface area contributed by atoms with Gasteiger partial charge in [-0.25, -0.2) is 23.2 Å². The fourth-order valence-electron chi connectivity index (χ4n) is 3.65. The fourth-order valence-corrected chi connectivity index (χ4v) is 4.67. The number of esters is 1. The number of ether oxygens (including phenoxy) is 6. The Hall–Kier alpha value is -5.64. The molecule has 4 rings (SSSR count). The number of rotatable bonds is 16. The molecule has 0 fully saturated rings. The Kier molecular flexibility index (Phi) is 11.9. The molecule has 0 spiro atoms. The Morgan fingerprint density at radius 2 is 1.57 bits per heavy atom. The van der Waals surface area contributed by atoms with Crippen molar-refractivity contribution in [3.05, 3.63) is 79.3 Å². The first kappa shape index (κ1) is 33.3. The molecule has 0 atom stereocenters. The van der Waals surface area contributed by atoms with E-state index in [-0.39, 0.29) is 60.5 Å². The third kappa shape index (κ3) is 9.95. The van der Waals surface area contributed by atoms with Gasteiger partial charge in [0.25, 0.3) is 15.9 Å². The monoisotopic (exact) mass is 653 g/mol. The van der Waals surface area contributed by atoms with Crippen LogP contribution in [0.2, 0.25) is 0 Å². The largest absolute Gasteiger partial charge is 0.493 e. The second-order valence-electron chi connectivity index (χ2n) is 9.05. The summed E-state index contributed by atoms with van der Waals surface area (Å²) in [7, 11) is -2.74. The van der Waals surface area contributed by atoms with Crippen molar-refractivity contribution >= 4 is 33.7 Å². The summed E-state index contributed by atoms with van der Waals surface area (Å²) in [6.45, 7) is 1.45. The predicted molar refractivity (Wildman–Crippen MR) is 164 cm³/mol. The molecule has 242 valence electrons. The van der Waals surface area contributed by atoms with Crippen LogP contribution < -0.4 is 29.0 Å². The number of anilines is 2. The van der Waals surface area contributed by atoms with Crippen LogP contribution >= 0.6 is 0 Å². The normalized spacial score (nSPS) is 10.7. The first-order chi connectivity index (χ1) is 22.2. The van der Waals surface area contributed by atoms with Crippen molar-refractivity contribution in [1.29, 1.82) is 0 Å². The van der Waals surface area contributed by atoms with E-state index in [2.05, 4.69) is 25.0 Å². The van der Waals surface area contributed by atoms with Crippen LogP contribution in [0.25, 0.3) is 0 Å². The maximum atomic E-state index is 13.3. The number of methoxy groups -OCH3 is 1. The second kappa shape index (κ2) is 16.4. The van der Waals surface area contributed by atoms with Crippen LogP contribution in [0.3, 0.4) is 0 Å². The topological polar surface area (TPSA) is 186 Å². The first-order valence-corrected chi connectivity index (χ1v) is 15.3. The number of carbonyl (C=O) groups excluding carboxylic acids is 2. The summed E-state index contributed by atoms with van der Waals surface area (Å²) in [4.78, 5) is 35.0. The number of nitrogens with one attached hydrogen (secondary N) is 2. The van der Waals surface area contributed by atoms with Crippen molar-refractivity contribution in [3.8, 4) is 28.9 Å². The maximum absolute atomic E-state index is 13.3. The van der Waals surface area contributed by atoms with Crippen LogP contribution in [-0.2, 0) is 24.3 Å². The first-order valence-electron chi connectivity index (χ1n) is 13.8. The van der Waals surface area contributed by atoms with Gasteiger partial charge in [0.2, 0.25) is 5.75 Å². The minimum Gasteiger partial charge on any atom is -0.493 e. The third-order valence-corrected chi connectivity index (χ3v) is 7.09. The van der Waals surface area contributed by atoms with Crippen molar-refractivity contribution in [1.82, 2.24) is 15.0 Å². The van der Waals surface area contributed by atoms with Crippen LogP contribution in [0.4, 0.5) is 16.4 Å². The fraction of sp³-hybridized carbons (Fsp3) is 0.233. The van der Waals surface area contributed by atoms with Gasteiger partial charge in [-0.2, -0.15) is 4.98 Å². The summed E-state index contributed by atoms with van der Waals surface area (Å²) in [6, 6.07) is 17.4. The molecule has 2 aromatic heterocycles. The van der Waals surface area contributed by atoms with Crippen LogP contribution in [0, 0.1) is 0 Å². The number of benzene rings is 2. The minimum absolute atomic E-state index is 0.0867. The highest BCUT2D eigenvalue weighted by Gasteiger charge is 2.23. The van der Waals surface area contributed by atoms with E-state index in [1.54, 1.807) is 42.5 Å². The lowest BCUT2D eigenvalue weighted by Gasteiger charge is -2.17. The molecule has 46 heavy (non-hydrogen) atoms. The van der Waals surface area contributed by atoms with Gasteiger partial charge in [0.15, 0.2) is 17.3 Å². The van der Waals surface area contributed by atoms with Crippen LogP contribution in [0.1, 0.15) is 13.3 Å². The maximum Gasteiger partial charge on any atom is 0.412 e. The standard InChI is InChI=1S/C30H31N5O10S/c1-21(36)41-16-7-17-42-22-11-13-23(14-12-22)46(38,39)35-28-27(45-25-9-4-3-8-24(25)40-2)29(33-20-32-28)43-18-19-44-30(37)34-26-10-5-6-15-31-26/h3-6,8-15,20H,7,16-19H2,1-2H3,(H,31,34,37)(H,32,33,35). The van der Waals surface area contributed by atoms with E-state index in [1.807, 2.05) is 0 Å². The molecule has 16 heteroatoms. The zero-order valence-electron chi connectivity index (χ0n) is 24.9.